The van der Waals surface area contributed by atoms with Gasteiger partial charge in [0.05, 0.1) is 0 Å². The number of piperidine rings is 1. The second-order valence-electron chi connectivity index (χ2n) is 4.23. The van der Waals surface area contributed by atoms with Gasteiger partial charge in [0.1, 0.15) is 5.82 Å². The molecule has 1 fully saturated rings. The molecule has 1 aromatic carbocycles. The molecule has 1 aliphatic rings. The zero-order valence-electron chi connectivity index (χ0n) is 8.93. The Hall–Kier alpha value is -0.120. The fraction of sp³-hybridized carbons (Fsp3) is 0.500. The van der Waals surface area contributed by atoms with Crippen molar-refractivity contribution in [3.05, 3.63) is 34.1 Å². The van der Waals surface area contributed by atoms with Gasteiger partial charge in [-0.05, 0) is 49.7 Å². The molecule has 0 saturated carbocycles. The summed E-state index contributed by atoms with van der Waals surface area (Å²) < 4.78 is 14.0. The van der Waals surface area contributed by atoms with Gasteiger partial charge in [0.25, 0.3) is 0 Å². The molecule has 1 aromatic rings. The molecule has 0 atom stereocenters. The Morgan fingerprint density at radius 3 is 2.62 bits per heavy atom. The summed E-state index contributed by atoms with van der Waals surface area (Å²) in [4.78, 5) is 2.32. The summed E-state index contributed by atoms with van der Waals surface area (Å²) in [6, 6.07) is 5.04. The van der Waals surface area contributed by atoms with E-state index in [4.69, 9.17) is 11.6 Å². The zero-order chi connectivity index (χ0) is 11.5. The standard InChI is InChI=1S/C12H14BrClFN/c13-10-5-9(6-12(15)7-10)8-16-3-1-11(14)2-4-16/h5-7,11H,1-4,8H2. The molecule has 0 unspecified atom stereocenters. The van der Waals surface area contributed by atoms with Crippen LogP contribution in [0.1, 0.15) is 18.4 Å². The van der Waals surface area contributed by atoms with E-state index < -0.39 is 0 Å². The largest absolute Gasteiger partial charge is 0.299 e. The van der Waals surface area contributed by atoms with Gasteiger partial charge in [-0.1, -0.05) is 15.9 Å². The molecule has 0 N–H and O–H groups in total. The van der Waals surface area contributed by atoms with E-state index in [1.165, 1.54) is 6.07 Å². The fourth-order valence-corrected chi connectivity index (χ4v) is 2.73. The Morgan fingerprint density at radius 2 is 2.00 bits per heavy atom. The van der Waals surface area contributed by atoms with Crippen molar-refractivity contribution < 1.29 is 4.39 Å². The lowest BCUT2D eigenvalue weighted by atomic mass is 10.1. The summed E-state index contributed by atoms with van der Waals surface area (Å²) in [6.07, 6.45) is 2.05. The molecule has 2 rings (SSSR count). The highest BCUT2D eigenvalue weighted by molar-refractivity contribution is 9.10. The maximum absolute atomic E-state index is 13.2. The molecule has 1 aliphatic heterocycles. The lowest BCUT2D eigenvalue weighted by Crippen LogP contribution is -2.33. The maximum atomic E-state index is 13.2. The van der Waals surface area contributed by atoms with Crippen molar-refractivity contribution >= 4 is 27.5 Å². The van der Waals surface area contributed by atoms with Crippen LogP contribution in [-0.4, -0.2) is 23.4 Å². The highest BCUT2D eigenvalue weighted by Gasteiger charge is 2.17. The van der Waals surface area contributed by atoms with Crippen molar-refractivity contribution in [3.8, 4) is 0 Å². The maximum Gasteiger partial charge on any atom is 0.124 e. The van der Waals surface area contributed by atoms with E-state index in [0.717, 1.165) is 42.5 Å². The zero-order valence-corrected chi connectivity index (χ0v) is 11.3. The molecule has 16 heavy (non-hydrogen) atoms. The Kier molecular flexibility index (Phi) is 4.22. The Balaban J connectivity index is 1.98. The highest BCUT2D eigenvalue weighted by atomic mass is 79.9. The third-order valence-electron chi connectivity index (χ3n) is 2.85. The molecule has 0 aliphatic carbocycles. The molecular formula is C12H14BrClFN. The topological polar surface area (TPSA) is 3.24 Å². The smallest absolute Gasteiger partial charge is 0.124 e. The Labute approximate surface area is 109 Å². The first kappa shape index (κ1) is 12.3. The summed E-state index contributed by atoms with van der Waals surface area (Å²) in [5, 5.41) is 0.315. The van der Waals surface area contributed by atoms with Crippen LogP contribution in [0.2, 0.25) is 0 Å². The molecule has 0 spiro atoms. The summed E-state index contributed by atoms with van der Waals surface area (Å²) >= 11 is 9.35. The third-order valence-corrected chi connectivity index (χ3v) is 3.74. The fourth-order valence-electron chi connectivity index (χ4n) is 2.02. The molecule has 0 bridgehead atoms. The summed E-state index contributed by atoms with van der Waals surface area (Å²) in [5.41, 5.74) is 1.01. The first-order chi connectivity index (χ1) is 7.63. The number of benzene rings is 1. The van der Waals surface area contributed by atoms with Gasteiger partial charge in [-0.25, -0.2) is 4.39 Å². The van der Waals surface area contributed by atoms with E-state index in [1.807, 2.05) is 6.07 Å². The molecule has 1 nitrogen and oxygen atoms in total. The number of rotatable bonds is 2. The predicted molar refractivity (Wildman–Crippen MR) is 68.3 cm³/mol. The van der Waals surface area contributed by atoms with Crippen LogP contribution in [0.3, 0.4) is 0 Å². The minimum absolute atomic E-state index is 0.184. The number of halogens is 3. The average Bonchev–Trinajstić information content (AvgIpc) is 2.20. The molecule has 0 aromatic heterocycles. The lowest BCUT2D eigenvalue weighted by Gasteiger charge is -2.29. The van der Waals surface area contributed by atoms with Crippen LogP contribution in [0.4, 0.5) is 4.39 Å². The predicted octanol–water partition coefficient (Wildman–Crippen LogP) is 3.79. The van der Waals surface area contributed by atoms with Crippen molar-refractivity contribution in [2.24, 2.45) is 0 Å². The van der Waals surface area contributed by atoms with Gasteiger partial charge < -0.3 is 0 Å². The number of likely N-dealkylation sites (tertiary alicyclic amines) is 1. The minimum Gasteiger partial charge on any atom is -0.299 e. The molecular weight excluding hydrogens is 292 g/mol. The van der Waals surface area contributed by atoms with Crippen LogP contribution in [0.25, 0.3) is 0 Å². The van der Waals surface area contributed by atoms with E-state index in [0.29, 0.717) is 5.38 Å². The quantitative estimate of drug-likeness (QED) is 0.751. The molecule has 0 amide bonds. The molecule has 4 heteroatoms. The van der Waals surface area contributed by atoms with Crippen LogP contribution in [0.15, 0.2) is 22.7 Å². The van der Waals surface area contributed by atoms with Gasteiger partial charge in [0, 0.05) is 16.4 Å². The third kappa shape index (κ3) is 3.44. The van der Waals surface area contributed by atoms with Crippen molar-refractivity contribution in [1.82, 2.24) is 4.90 Å². The number of alkyl halides is 1. The SMILES string of the molecule is Fc1cc(Br)cc(CN2CCC(Cl)CC2)c1. The summed E-state index contributed by atoms with van der Waals surface area (Å²) in [7, 11) is 0. The first-order valence-corrected chi connectivity index (χ1v) is 6.68. The van der Waals surface area contributed by atoms with E-state index in [1.54, 1.807) is 6.07 Å². The second-order valence-corrected chi connectivity index (χ2v) is 5.76. The van der Waals surface area contributed by atoms with Gasteiger partial charge in [0.15, 0.2) is 0 Å². The number of hydrogen-bond donors (Lipinski definition) is 0. The highest BCUT2D eigenvalue weighted by Crippen LogP contribution is 2.20. The molecule has 1 saturated heterocycles. The van der Waals surface area contributed by atoms with Crippen LogP contribution in [0.5, 0.6) is 0 Å². The van der Waals surface area contributed by atoms with Gasteiger partial charge in [-0.2, -0.15) is 0 Å². The van der Waals surface area contributed by atoms with Gasteiger partial charge in [-0.15, -0.1) is 11.6 Å². The van der Waals surface area contributed by atoms with Crippen molar-refractivity contribution in [3.63, 3.8) is 0 Å². The second kappa shape index (κ2) is 5.48. The molecule has 1 heterocycles. The van der Waals surface area contributed by atoms with E-state index in [-0.39, 0.29) is 5.82 Å². The number of hydrogen-bond acceptors (Lipinski definition) is 1. The molecule has 0 radical (unpaired) electrons. The monoisotopic (exact) mass is 305 g/mol. The van der Waals surface area contributed by atoms with E-state index >= 15 is 0 Å². The van der Waals surface area contributed by atoms with Crippen molar-refractivity contribution in [2.45, 2.75) is 24.8 Å². The van der Waals surface area contributed by atoms with Crippen molar-refractivity contribution in [1.29, 1.82) is 0 Å². The van der Waals surface area contributed by atoms with Gasteiger partial charge in [0.2, 0.25) is 0 Å². The summed E-state index contributed by atoms with van der Waals surface area (Å²) in [6.45, 7) is 2.81. The van der Waals surface area contributed by atoms with Crippen LogP contribution in [-0.2, 0) is 6.54 Å². The van der Waals surface area contributed by atoms with Gasteiger partial charge >= 0.3 is 0 Å². The van der Waals surface area contributed by atoms with E-state index in [9.17, 15) is 4.39 Å². The molecule has 88 valence electrons. The first-order valence-electron chi connectivity index (χ1n) is 5.45. The van der Waals surface area contributed by atoms with Crippen molar-refractivity contribution in [2.75, 3.05) is 13.1 Å². The Morgan fingerprint density at radius 1 is 1.31 bits per heavy atom. The lowest BCUT2D eigenvalue weighted by molar-refractivity contribution is 0.223. The normalized spacial score (nSPS) is 18.9. The van der Waals surface area contributed by atoms with E-state index in [2.05, 4.69) is 20.8 Å². The Bertz CT molecular complexity index is 344. The van der Waals surface area contributed by atoms with Crippen LogP contribution >= 0.6 is 27.5 Å². The van der Waals surface area contributed by atoms with Crippen LogP contribution in [0, 0.1) is 5.82 Å². The van der Waals surface area contributed by atoms with Crippen LogP contribution < -0.4 is 0 Å². The van der Waals surface area contributed by atoms with Gasteiger partial charge in [-0.3, -0.25) is 4.90 Å². The average molecular weight is 307 g/mol. The minimum atomic E-state index is -0.184. The summed E-state index contributed by atoms with van der Waals surface area (Å²) in [5.74, 6) is -0.184. The number of nitrogens with zero attached hydrogens (tertiary/aromatic N) is 1.